The molecule has 1 unspecified atom stereocenters. The van der Waals surface area contributed by atoms with E-state index in [-0.39, 0.29) is 11.8 Å². The SMILES string of the molecule is COC(=O)C(CC(C)C)NC(=O)[C@@H](N)Cc1ccccc1. The normalized spacial score (nSPS) is 13.6. The zero-order valence-corrected chi connectivity index (χ0v) is 12.8. The topological polar surface area (TPSA) is 81.4 Å². The fourth-order valence-electron chi connectivity index (χ4n) is 2.07. The van der Waals surface area contributed by atoms with Crippen molar-refractivity contribution in [1.29, 1.82) is 0 Å². The number of amides is 1. The number of nitrogens with one attached hydrogen (secondary N) is 1. The average molecular weight is 292 g/mol. The van der Waals surface area contributed by atoms with Crippen LogP contribution in [-0.2, 0) is 20.7 Å². The summed E-state index contributed by atoms with van der Waals surface area (Å²) in [5, 5.41) is 2.68. The van der Waals surface area contributed by atoms with Crippen LogP contribution in [0.25, 0.3) is 0 Å². The third-order valence-corrected chi connectivity index (χ3v) is 3.14. The van der Waals surface area contributed by atoms with Crippen LogP contribution in [0, 0.1) is 5.92 Å². The first kappa shape index (κ1) is 17.2. The van der Waals surface area contributed by atoms with Crippen LogP contribution in [0.15, 0.2) is 30.3 Å². The van der Waals surface area contributed by atoms with Crippen LogP contribution in [0.3, 0.4) is 0 Å². The highest BCUT2D eigenvalue weighted by molar-refractivity contribution is 5.87. The number of rotatable bonds is 7. The number of hydrogen-bond acceptors (Lipinski definition) is 4. The molecule has 0 fully saturated rings. The van der Waals surface area contributed by atoms with E-state index in [4.69, 9.17) is 10.5 Å². The van der Waals surface area contributed by atoms with Crippen molar-refractivity contribution in [2.75, 3.05) is 7.11 Å². The summed E-state index contributed by atoms with van der Waals surface area (Å²) >= 11 is 0. The Morgan fingerprint density at radius 1 is 1.24 bits per heavy atom. The fraction of sp³-hybridized carbons (Fsp3) is 0.500. The quantitative estimate of drug-likeness (QED) is 0.741. The van der Waals surface area contributed by atoms with E-state index < -0.39 is 18.1 Å². The number of ether oxygens (including phenoxy) is 1. The highest BCUT2D eigenvalue weighted by Crippen LogP contribution is 2.07. The molecule has 0 spiro atoms. The van der Waals surface area contributed by atoms with Gasteiger partial charge in [0.15, 0.2) is 0 Å². The van der Waals surface area contributed by atoms with Gasteiger partial charge < -0.3 is 15.8 Å². The van der Waals surface area contributed by atoms with Crippen molar-refractivity contribution in [3.8, 4) is 0 Å². The second-order valence-electron chi connectivity index (χ2n) is 5.51. The number of benzene rings is 1. The van der Waals surface area contributed by atoms with Crippen LogP contribution in [0.5, 0.6) is 0 Å². The minimum absolute atomic E-state index is 0.264. The molecule has 0 bridgehead atoms. The van der Waals surface area contributed by atoms with E-state index in [1.165, 1.54) is 7.11 Å². The Bertz CT molecular complexity index is 460. The summed E-state index contributed by atoms with van der Waals surface area (Å²) in [5.74, 6) is -0.515. The molecule has 0 aliphatic carbocycles. The van der Waals surface area contributed by atoms with Crippen LogP contribution in [0.1, 0.15) is 25.8 Å². The largest absolute Gasteiger partial charge is 0.467 e. The summed E-state index contributed by atoms with van der Waals surface area (Å²) in [7, 11) is 1.31. The predicted molar refractivity (Wildman–Crippen MR) is 81.5 cm³/mol. The van der Waals surface area contributed by atoms with E-state index in [1.807, 2.05) is 44.2 Å². The molecule has 1 amide bonds. The van der Waals surface area contributed by atoms with Crippen molar-refractivity contribution in [1.82, 2.24) is 5.32 Å². The lowest BCUT2D eigenvalue weighted by molar-refractivity contribution is -0.145. The van der Waals surface area contributed by atoms with E-state index >= 15 is 0 Å². The molecule has 1 rings (SSSR count). The first-order valence-corrected chi connectivity index (χ1v) is 7.11. The molecule has 0 aliphatic heterocycles. The summed E-state index contributed by atoms with van der Waals surface area (Å²) in [6, 6.07) is 8.20. The number of esters is 1. The van der Waals surface area contributed by atoms with Gasteiger partial charge >= 0.3 is 5.97 Å². The monoisotopic (exact) mass is 292 g/mol. The van der Waals surface area contributed by atoms with E-state index in [9.17, 15) is 9.59 Å². The van der Waals surface area contributed by atoms with Gasteiger partial charge in [-0.15, -0.1) is 0 Å². The molecular weight excluding hydrogens is 268 g/mol. The molecule has 2 atom stereocenters. The minimum Gasteiger partial charge on any atom is -0.467 e. The molecule has 116 valence electrons. The smallest absolute Gasteiger partial charge is 0.328 e. The summed E-state index contributed by atoms with van der Waals surface area (Å²) in [5.41, 5.74) is 6.89. The minimum atomic E-state index is -0.688. The number of methoxy groups -OCH3 is 1. The lowest BCUT2D eigenvalue weighted by Gasteiger charge is -2.20. The Balaban J connectivity index is 2.61. The van der Waals surface area contributed by atoms with Crippen molar-refractivity contribution in [2.24, 2.45) is 11.7 Å². The average Bonchev–Trinajstić information content (AvgIpc) is 2.46. The van der Waals surface area contributed by atoms with Crippen molar-refractivity contribution >= 4 is 11.9 Å². The molecule has 0 aromatic heterocycles. The summed E-state index contributed by atoms with van der Waals surface area (Å²) < 4.78 is 4.72. The Hall–Kier alpha value is -1.88. The van der Waals surface area contributed by atoms with Gasteiger partial charge in [0, 0.05) is 0 Å². The number of nitrogens with two attached hydrogens (primary N) is 1. The van der Waals surface area contributed by atoms with Gasteiger partial charge in [0.25, 0.3) is 0 Å². The zero-order valence-electron chi connectivity index (χ0n) is 12.8. The number of carbonyl (C=O) groups is 2. The molecule has 1 aromatic carbocycles. The van der Waals surface area contributed by atoms with E-state index in [2.05, 4.69) is 5.32 Å². The second kappa shape index (κ2) is 8.42. The second-order valence-corrected chi connectivity index (χ2v) is 5.51. The van der Waals surface area contributed by atoms with Gasteiger partial charge in [-0.25, -0.2) is 4.79 Å². The van der Waals surface area contributed by atoms with Gasteiger partial charge in [-0.1, -0.05) is 44.2 Å². The molecule has 21 heavy (non-hydrogen) atoms. The Kier molecular flexibility index (Phi) is 6.88. The molecule has 0 radical (unpaired) electrons. The van der Waals surface area contributed by atoms with E-state index in [1.54, 1.807) is 0 Å². The molecule has 5 heteroatoms. The number of carbonyl (C=O) groups excluding carboxylic acids is 2. The lowest BCUT2D eigenvalue weighted by Crippen LogP contribution is -2.49. The molecule has 0 aliphatic rings. The van der Waals surface area contributed by atoms with Crippen LogP contribution in [0.4, 0.5) is 0 Å². The maximum absolute atomic E-state index is 12.1. The molecule has 0 heterocycles. The van der Waals surface area contributed by atoms with Gasteiger partial charge in [-0.2, -0.15) is 0 Å². The Morgan fingerprint density at radius 2 is 1.86 bits per heavy atom. The van der Waals surface area contributed by atoms with Gasteiger partial charge in [-0.3, -0.25) is 4.79 Å². The number of hydrogen-bond donors (Lipinski definition) is 2. The van der Waals surface area contributed by atoms with Gasteiger partial charge in [0.2, 0.25) is 5.91 Å². The van der Waals surface area contributed by atoms with Crippen molar-refractivity contribution in [3.05, 3.63) is 35.9 Å². The third-order valence-electron chi connectivity index (χ3n) is 3.14. The van der Waals surface area contributed by atoms with Crippen LogP contribution in [0.2, 0.25) is 0 Å². The van der Waals surface area contributed by atoms with E-state index in [0.29, 0.717) is 12.8 Å². The maximum atomic E-state index is 12.1. The van der Waals surface area contributed by atoms with Crippen molar-refractivity contribution in [3.63, 3.8) is 0 Å². The summed E-state index contributed by atoms with van der Waals surface area (Å²) in [4.78, 5) is 23.8. The first-order valence-electron chi connectivity index (χ1n) is 7.11. The van der Waals surface area contributed by atoms with Crippen LogP contribution >= 0.6 is 0 Å². The summed E-state index contributed by atoms with van der Waals surface area (Å²) in [6.07, 6.45) is 0.957. The predicted octanol–water partition coefficient (Wildman–Crippen LogP) is 1.26. The van der Waals surface area contributed by atoms with Gasteiger partial charge in [0.1, 0.15) is 6.04 Å². The van der Waals surface area contributed by atoms with Gasteiger partial charge in [-0.05, 0) is 24.3 Å². The van der Waals surface area contributed by atoms with Crippen LogP contribution < -0.4 is 11.1 Å². The standard InChI is InChI=1S/C16H24N2O3/c1-11(2)9-14(16(20)21-3)18-15(19)13(17)10-12-7-5-4-6-8-12/h4-8,11,13-14H,9-10,17H2,1-3H3,(H,18,19)/t13-,14?/m0/s1. The highest BCUT2D eigenvalue weighted by Gasteiger charge is 2.25. The molecule has 0 saturated carbocycles. The molecular formula is C16H24N2O3. The lowest BCUT2D eigenvalue weighted by atomic mass is 10.0. The van der Waals surface area contributed by atoms with Crippen molar-refractivity contribution < 1.29 is 14.3 Å². The fourth-order valence-corrected chi connectivity index (χ4v) is 2.07. The van der Waals surface area contributed by atoms with Crippen molar-refractivity contribution in [2.45, 2.75) is 38.8 Å². The molecule has 0 saturated heterocycles. The molecule has 5 nitrogen and oxygen atoms in total. The maximum Gasteiger partial charge on any atom is 0.328 e. The van der Waals surface area contributed by atoms with Crippen LogP contribution in [-0.4, -0.2) is 31.1 Å². The zero-order chi connectivity index (χ0) is 15.8. The molecule has 3 N–H and O–H groups in total. The first-order chi connectivity index (χ1) is 9.93. The highest BCUT2D eigenvalue weighted by atomic mass is 16.5. The summed E-state index contributed by atoms with van der Waals surface area (Å²) in [6.45, 7) is 3.96. The van der Waals surface area contributed by atoms with E-state index in [0.717, 1.165) is 5.56 Å². The Labute approximate surface area is 125 Å². The molecule has 1 aromatic rings. The third kappa shape index (κ3) is 5.95. The van der Waals surface area contributed by atoms with Gasteiger partial charge in [0.05, 0.1) is 13.2 Å². The Morgan fingerprint density at radius 3 is 2.38 bits per heavy atom.